The molecule has 4 atom stereocenters. The van der Waals surface area contributed by atoms with Crippen LogP contribution in [0.5, 0.6) is 5.75 Å². The molecule has 2 aliphatic heterocycles. The van der Waals surface area contributed by atoms with Gasteiger partial charge in [-0.2, -0.15) is 13.2 Å². The van der Waals surface area contributed by atoms with Gasteiger partial charge in [-0.15, -0.1) is 0 Å². The van der Waals surface area contributed by atoms with Crippen molar-refractivity contribution in [2.75, 3.05) is 44.8 Å². The Balaban J connectivity index is 1.12. The molecular weight excluding hydrogens is 447 g/mol. The normalized spacial score (nSPS) is 29.6. The van der Waals surface area contributed by atoms with Crippen LogP contribution in [-0.4, -0.2) is 61.4 Å². The molecule has 186 valence electrons. The van der Waals surface area contributed by atoms with E-state index in [1.807, 2.05) is 25.1 Å². The van der Waals surface area contributed by atoms with Gasteiger partial charge in [0.15, 0.2) is 0 Å². The number of likely N-dealkylation sites (tertiary alicyclic amines) is 1. The minimum atomic E-state index is -4.11. The predicted octanol–water partition coefficient (Wildman–Crippen LogP) is 4.82. The van der Waals surface area contributed by atoms with E-state index in [1.54, 1.807) is 11.1 Å². The number of halogens is 3. The number of rotatable bonds is 7. The third-order valence-electron chi connectivity index (χ3n) is 7.79. The van der Waals surface area contributed by atoms with Gasteiger partial charge in [0.1, 0.15) is 5.75 Å². The summed E-state index contributed by atoms with van der Waals surface area (Å²) < 4.78 is 49.4. The summed E-state index contributed by atoms with van der Waals surface area (Å²) in [4.78, 5) is 17.5. The Morgan fingerprint density at radius 1 is 1.29 bits per heavy atom. The predicted molar refractivity (Wildman–Crippen MR) is 123 cm³/mol. The van der Waals surface area contributed by atoms with Crippen LogP contribution in [0.3, 0.4) is 0 Å². The van der Waals surface area contributed by atoms with Crippen LogP contribution >= 0.6 is 0 Å². The maximum Gasteiger partial charge on any atom is 0.401 e. The van der Waals surface area contributed by atoms with E-state index in [0.717, 1.165) is 41.6 Å². The van der Waals surface area contributed by atoms with Crippen LogP contribution in [0.2, 0.25) is 0 Å². The number of nitrogens with one attached hydrogen (secondary N) is 2. The average molecular weight is 480 g/mol. The number of fused-ring (bicyclic) bond motifs is 2. The molecule has 1 amide bonds. The zero-order valence-corrected chi connectivity index (χ0v) is 19.4. The fourth-order valence-corrected chi connectivity index (χ4v) is 5.90. The van der Waals surface area contributed by atoms with Gasteiger partial charge in [-0.05, 0) is 68.6 Å². The molecular formula is C25H32F3N3O3. The minimum absolute atomic E-state index is 0.0437. The van der Waals surface area contributed by atoms with E-state index >= 15 is 0 Å². The number of carbonyl (C=O) groups excluding carboxylic acids is 1. The fraction of sp³-hybridized carbons (Fsp3) is 0.640. The Labute approximate surface area is 197 Å². The summed E-state index contributed by atoms with van der Waals surface area (Å²) in [5.74, 6) is 1.96. The molecule has 9 heteroatoms. The van der Waals surface area contributed by atoms with Crippen molar-refractivity contribution in [3.8, 4) is 5.75 Å². The largest absolute Gasteiger partial charge is 0.494 e. The molecule has 34 heavy (non-hydrogen) atoms. The lowest BCUT2D eigenvalue weighted by molar-refractivity contribution is -0.144. The second-order valence-electron chi connectivity index (χ2n) is 10.5. The molecule has 1 unspecified atom stereocenters. The van der Waals surface area contributed by atoms with Crippen molar-refractivity contribution in [1.29, 1.82) is 0 Å². The Bertz CT molecular complexity index is 1020. The average Bonchev–Trinajstić information content (AvgIpc) is 3.52. The van der Waals surface area contributed by atoms with Crippen LogP contribution in [0.1, 0.15) is 32.6 Å². The Morgan fingerprint density at radius 3 is 2.74 bits per heavy atom. The van der Waals surface area contributed by atoms with Crippen molar-refractivity contribution in [3.63, 3.8) is 0 Å². The third-order valence-corrected chi connectivity index (χ3v) is 7.79. The van der Waals surface area contributed by atoms with Gasteiger partial charge in [0.05, 0.1) is 30.9 Å². The molecule has 5 rings (SSSR count). The summed E-state index contributed by atoms with van der Waals surface area (Å²) in [6, 6.07) is 5.79. The molecule has 3 aliphatic rings. The maximum absolute atomic E-state index is 12.8. The number of carbonyl (C=O) groups is 1. The molecule has 2 saturated heterocycles. The van der Waals surface area contributed by atoms with Gasteiger partial charge in [0, 0.05) is 36.8 Å². The SMILES string of the molecule is CC1(C(=O)Nc2c[nH]c3ccc(OCC[C@@H]4C[C@@H]5CN(CC(F)(F)F)C[C@@H]5C4)cc23)CCOC1. The highest BCUT2D eigenvalue weighted by Crippen LogP contribution is 2.43. The molecule has 0 radical (unpaired) electrons. The first-order valence-corrected chi connectivity index (χ1v) is 12.1. The Hall–Kier alpha value is -2.26. The van der Waals surface area contributed by atoms with E-state index in [-0.39, 0.29) is 5.91 Å². The van der Waals surface area contributed by atoms with E-state index in [0.29, 0.717) is 57.1 Å². The molecule has 1 aromatic carbocycles. The Morgan fingerprint density at radius 2 is 2.06 bits per heavy atom. The van der Waals surface area contributed by atoms with Gasteiger partial charge >= 0.3 is 6.18 Å². The van der Waals surface area contributed by atoms with Crippen molar-refractivity contribution in [2.45, 2.75) is 38.8 Å². The first-order chi connectivity index (χ1) is 16.2. The molecule has 1 saturated carbocycles. The number of ether oxygens (including phenoxy) is 2. The zero-order valence-electron chi connectivity index (χ0n) is 19.4. The number of nitrogens with zero attached hydrogens (tertiary/aromatic N) is 1. The number of benzene rings is 1. The van der Waals surface area contributed by atoms with E-state index in [2.05, 4.69) is 10.3 Å². The van der Waals surface area contributed by atoms with Crippen molar-refractivity contribution < 1.29 is 27.4 Å². The van der Waals surface area contributed by atoms with Gasteiger partial charge in [-0.1, -0.05) is 0 Å². The minimum Gasteiger partial charge on any atom is -0.494 e. The molecule has 0 spiro atoms. The zero-order chi connectivity index (χ0) is 23.9. The third kappa shape index (κ3) is 5.05. The Kier molecular flexibility index (Phi) is 6.27. The van der Waals surface area contributed by atoms with Gasteiger partial charge in [-0.25, -0.2) is 0 Å². The van der Waals surface area contributed by atoms with Crippen LogP contribution in [0.4, 0.5) is 18.9 Å². The van der Waals surface area contributed by atoms with Crippen LogP contribution in [-0.2, 0) is 9.53 Å². The van der Waals surface area contributed by atoms with Crippen LogP contribution in [0.15, 0.2) is 24.4 Å². The molecule has 1 aliphatic carbocycles. The monoisotopic (exact) mass is 479 g/mol. The van der Waals surface area contributed by atoms with Gasteiger partial charge in [-0.3, -0.25) is 9.69 Å². The number of aromatic nitrogens is 1. The summed E-state index contributed by atoms with van der Waals surface area (Å²) in [6.45, 7) is 3.86. The van der Waals surface area contributed by atoms with E-state index < -0.39 is 18.1 Å². The van der Waals surface area contributed by atoms with Crippen LogP contribution in [0.25, 0.3) is 10.9 Å². The van der Waals surface area contributed by atoms with Crippen LogP contribution < -0.4 is 10.1 Å². The van der Waals surface area contributed by atoms with Crippen molar-refractivity contribution in [1.82, 2.24) is 9.88 Å². The number of amides is 1. The van der Waals surface area contributed by atoms with Crippen molar-refractivity contribution >= 4 is 22.5 Å². The number of aromatic amines is 1. The smallest absolute Gasteiger partial charge is 0.401 e. The summed E-state index contributed by atoms with van der Waals surface area (Å²) in [5.41, 5.74) is 1.13. The summed E-state index contributed by atoms with van der Waals surface area (Å²) in [7, 11) is 0. The number of anilines is 1. The highest BCUT2D eigenvalue weighted by atomic mass is 19.4. The van der Waals surface area contributed by atoms with E-state index in [9.17, 15) is 18.0 Å². The lowest BCUT2D eigenvalue weighted by atomic mass is 9.89. The highest BCUT2D eigenvalue weighted by molar-refractivity contribution is 6.04. The second kappa shape index (κ2) is 9.07. The highest BCUT2D eigenvalue weighted by Gasteiger charge is 2.43. The number of H-pyrrole nitrogens is 1. The number of hydrogen-bond donors (Lipinski definition) is 2. The number of hydrogen-bond acceptors (Lipinski definition) is 4. The van der Waals surface area contributed by atoms with Crippen LogP contribution in [0, 0.1) is 23.2 Å². The fourth-order valence-electron chi connectivity index (χ4n) is 5.90. The lowest BCUT2D eigenvalue weighted by Crippen LogP contribution is -2.33. The second-order valence-corrected chi connectivity index (χ2v) is 10.5. The summed E-state index contributed by atoms with van der Waals surface area (Å²) >= 11 is 0. The van der Waals surface area contributed by atoms with Crippen molar-refractivity contribution in [3.05, 3.63) is 24.4 Å². The standard InChI is InChI=1S/C25H32F3N3O3/c1-24(5-7-33-15-24)23(32)30-22-11-29-21-3-2-19(10-20(21)22)34-6-4-16-8-17-12-31(13-18(17)9-16)14-25(26,27)28/h2-3,10-11,16-18,29H,4-9,12-15H2,1H3,(H,30,32)/t16-,17-,18+,24?. The summed E-state index contributed by atoms with van der Waals surface area (Å²) in [5, 5.41) is 3.93. The van der Waals surface area contributed by atoms with Gasteiger partial charge in [0.2, 0.25) is 5.91 Å². The molecule has 2 N–H and O–H groups in total. The van der Waals surface area contributed by atoms with E-state index in [4.69, 9.17) is 9.47 Å². The quantitative estimate of drug-likeness (QED) is 0.598. The van der Waals surface area contributed by atoms with Crippen molar-refractivity contribution in [2.24, 2.45) is 23.2 Å². The molecule has 3 heterocycles. The topological polar surface area (TPSA) is 66.6 Å². The van der Waals surface area contributed by atoms with Gasteiger partial charge in [0.25, 0.3) is 0 Å². The first-order valence-electron chi connectivity index (χ1n) is 12.1. The molecule has 0 bridgehead atoms. The first kappa shape index (κ1) is 23.5. The van der Waals surface area contributed by atoms with Gasteiger partial charge < -0.3 is 19.8 Å². The molecule has 1 aromatic heterocycles. The molecule has 3 fully saturated rings. The summed E-state index contributed by atoms with van der Waals surface area (Å²) in [6.07, 6.45) is 1.26. The molecule has 6 nitrogen and oxygen atoms in total. The number of alkyl halides is 3. The maximum atomic E-state index is 12.8. The van der Waals surface area contributed by atoms with E-state index in [1.165, 1.54) is 0 Å². The molecule has 2 aromatic rings. The lowest BCUT2D eigenvalue weighted by Gasteiger charge is -2.20.